The number of rotatable bonds is 7. The topological polar surface area (TPSA) is 69.6 Å². The minimum absolute atomic E-state index is 0.0399. The molecule has 0 aliphatic heterocycles. The second-order valence-electron chi connectivity index (χ2n) is 5.50. The van der Waals surface area contributed by atoms with Gasteiger partial charge in [-0.3, -0.25) is 0 Å². The van der Waals surface area contributed by atoms with Gasteiger partial charge in [0.05, 0.1) is 11.5 Å². The van der Waals surface area contributed by atoms with E-state index in [-0.39, 0.29) is 25.2 Å². The summed E-state index contributed by atoms with van der Waals surface area (Å²) in [5.41, 5.74) is 1.05. The van der Waals surface area contributed by atoms with Gasteiger partial charge >= 0.3 is 0 Å². The molecule has 2 rings (SSSR count). The lowest BCUT2D eigenvalue weighted by Crippen LogP contribution is -2.45. The first kappa shape index (κ1) is 16.4. The van der Waals surface area contributed by atoms with Gasteiger partial charge in [0.15, 0.2) is 0 Å². The summed E-state index contributed by atoms with van der Waals surface area (Å²) in [6, 6.07) is 7.21. The van der Waals surface area contributed by atoms with Crippen LogP contribution in [0.25, 0.3) is 0 Å². The van der Waals surface area contributed by atoms with Crippen molar-refractivity contribution in [2.75, 3.05) is 20.2 Å². The second kappa shape index (κ2) is 6.87. The summed E-state index contributed by atoms with van der Waals surface area (Å²) >= 11 is 0. The molecule has 21 heavy (non-hydrogen) atoms. The van der Waals surface area contributed by atoms with Crippen LogP contribution in [0.15, 0.2) is 29.2 Å². The summed E-state index contributed by atoms with van der Waals surface area (Å²) < 4.78 is 26.9. The minimum atomic E-state index is -3.52. The number of sulfonamides is 1. The highest BCUT2D eigenvalue weighted by molar-refractivity contribution is 7.89. The lowest BCUT2D eigenvalue weighted by molar-refractivity contribution is 0.178. The zero-order chi connectivity index (χ0) is 15.5. The van der Waals surface area contributed by atoms with Crippen LogP contribution in [0.5, 0.6) is 0 Å². The zero-order valence-corrected chi connectivity index (χ0v) is 13.4. The maximum absolute atomic E-state index is 12.7. The average molecular weight is 312 g/mol. The molecule has 1 fully saturated rings. The van der Waals surface area contributed by atoms with Crippen LogP contribution in [0.3, 0.4) is 0 Å². The molecule has 0 amide bonds. The van der Waals surface area contributed by atoms with Gasteiger partial charge < -0.3 is 10.4 Å². The summed E-state index contributed by atoms with van der Waals surface area (Å²) in [4.78, 5) is 0.301. The SMILES string of the molecule is CNC(C)c1ccc(S(=O)(=O)N(CCO)C2CCC2)cc1. The first-order chi connectivity index (χ1) is 10.0. The van der Waals surface area contributed by atoms with Crippen molar-refractivity contribution >= 4 is 10.0 Å². The van der Waals surface area contributed by atoms with Gasteiger partial charge in [0.25, 0.3) is 0 Å². The van der Waals surface area contributed by atoms with Crippen molar-refractivity contribution in [3.8, 4) is 0 Å². The number of benzene rings is 1. The molecule has 1 saturated carbocycles. The van der Waals surface area contributed by atoms with Crippen molar-refractivity contribution in [3.05, 3.63) is 29.8 Å². The molecule has 0 saturated heterocycles. The smallest absolute Gasteiger partial charge is 0.243 e. The molecule has 5 nitrogen and oxygen atoms in total. The fourth-order valence-corrected chi connectivity index (χ4v) is 4.18. The van der Waals surface area contributed by atoms with E-state index in [2.05, 4.69) is 5.32 Å². The zero-order valence-electron chi connectivity index (χ0n) is 12.6. The van der Waals surface area contributed by atoms with E-state index in [9.17, 15) is 8.42 Å². The molecule has 0 aromatic heterocycles. The Labute approximate surface area is 127 Å². The highest BCUT2D eigenvalue weighted by Gasteiger charge is 2.34. The summed E-state index contributed by atoms with van der Waals surface area (Å²) in [5.74, 6) is 0. The minimum Gasteiger partial charge on any atom is -0.395 e. The Hall–Kier alpha value is -0.950. The van der Waals surface area contributed by atoms with Crippen LogP contribution in [0.4, 0.5) is 0 Å². The van der Waals surface area contributed by atoms with E-state index >= 15 is 0 Å². The number of aliphatic hydroxyl groups excluding tert-OH is 1. The van der Waals surface area contributed by atoms with Gasteiger partial charge in [-0.15, -0.1) is 0 Å². The van der Waals surface area contributed by atoms with Gasteiger partial charge in [0.2, 0.25) is 10.0 Å². The second-order valence-corrected chi connectivity index (χ2v) is 7.39. The highest BCUT2D eigenvalue weighted by Crippen LogP contribution is 2.30. The van der Waals surface area contributed by atoms with Crippen molar-refractivity contribution in [2.45, 2.75) is 43.2 Å². The molecule has 1 aromatic carbocycles. The predicted octanol–water partition coefficient (Wildman–Crippen LogP) is 1.50. The van der Waals surface area contributed by atoms with Crippen molar-refractivity contribution in [1.82, 2.24) is 9.62 Å². The lowest BCUT2D eigenvalue weighted by Gasteiger charge is -2.36. The molecule has 1 aliphatic carbocycles. The third-order valence-corrected chi connectivity index (χ3v) is 6.19. The monoisotopic (exact) mass is 312 g/mol. The van der Waals surface area contributed by atoms with E-state index in [0.29, 0.717) is 4.90 Å². The quantitative estimate of drug-likeness (QED) is 0.800. The molecule has 0 radical (unpaired) electrons. The molecular weight excluding hydrogens is 288 g/mol. The number of hydrogen-bond acceptors (Lipinski definition) is 4. The summed E-state index contributed by atoms with van der Waals surface area (Å²) in [6.45, 7) is 2.04. The van der Waals surface area contributed by atoms with Crippen molar-refractivity contribution < 1.29 is 13.5 Å². The lowest BCUT2D eigenvalue weighted by atomic mass is 9.93. The van der Waals surface area contributed by atoms with E-state index in [1.54, 1.807) is 12.1 Å². The maximum atomic E-state index is 12.7. The molecule has 1 aliphatic rings. The third kappa shape index (κ3) is 3.45. The van der Waals surface area contributed by atoms with Crippen LogP contribution in [0.1, 0.15) is 37.8 Å². The molecule has 0 spiro atoms. The van der Waals surface area contributed by atoms with E-state index in [1.165, 1.54) is 4.31 Å². The molecule has 1 unspecified atom stereocenters. The summed E-state index contributed by atoms with van der Waals surface area (Å²) in [5, 5.41) is 12.3. The predicted molar refractivity (Wildman–Crippen MR) is 82.5 cm³/mol. The van der Waals surface area contributed by atoms with Gasteiger partial charge in [-0.25, -0.2) is 8.42 Å². The maximum Gasteiger partial charge on any atom is 0.243 e. The van der Waals surface area contributed by atoms with Crippen molar-refractivity contribution in [1.29, 1.82) is 0 Å². The van der Waals surface area contributed by atoms with E-state index in [0.717, 1.165) is 24.8 Å². The fraction of sp³-hybridized carbons (Fsp3) is 0.600. The normalized spacial score (nSPS) is 17.7. The molecule has 0 bridgehead atoms. The van der Waals surface area contributed by atoms with Gasteiger partial charge in [0, 0.05) is 18.6 Å². The molecule has 2 N–H and O–H groups in total. The Balaban J connectivity index is 2.24. The van der Waals surface area contributed by atoms with Gasteiger partial charge in [-0.1, -0.05) is 18.6 Å². The van der Waals surface area contributed by atoms with Crippen LogP contribution >= 0.6 is 0 Å². The van der Waals surface area contributed by atoms with E-state index < -0.39 is 10.0 Å². The first-order valence-corrected chi connectivity index (χ1v) is 8.84. The standard InChI is InChI=1S/C15H24N2O3S/c1-12(16-2)13-6-8-15(9-7-13)21(19,20)17(10-11-18)14-4-3-5-14/h6-9,12,14,16,18H,3-5,10-11H2,1-2H3. The molecule has 0 heterocycles. The van der Waals surface area contributed by atoms with Crippen LogP contribution in [-0.2, 0) is 10.0 Å². The van der Waals surface area contributed by atoms with Gasteiger partial charge in [-0.2, -0.15) is 4.31 Å². The van der Waals surface area contributed by atoms with Gasteiger partial charge in [-0.05, 0) is 44.5 Å². The highest BCUT2D eigenvalue weighted by atomic mass is 32.2. The fourth-order valence-electron chi connectivity index (χ4n) is 2.50. The Morgan fingerprint density at radius 1 is 1.33 bits per heavy atom. The van der Waals surface area contributed by atoms with E-state index in [4.69, 9.17) is 5.11 Å². The van der Waals surface area contributed by atoms with Crippen molar-refractivity contribution in [3.63, 3.8) is 0 Å². The Bertz CT molecular complexity index is 553. The Kier molecular flexibility index (Phi) is 5.37. The average Bonchev–Trinajstić information content (AvgIpc) is 2.44. The van der Waals surface area contributed by atoms with E-state index in [1.807, 2.05) is 26.1 Å². The number of hydrogen-bond donors (Lipinski definition) is 2. The van der Waals surface area contributed by atoms with Crippen LogP contribution in [-0.4, -0.2) is 44.1 Å². The molecule has 118 valence electrons. The first-order valence-electron chi connectivity index (χ1n) is 7.40. The van der Waals surface area contributed by atoms with Gasteiger partial charge in [0.1, 0.15) is 0 Å². The largest absolute Gasteiger partial charge is 0.395 e. The molecule has 1 atom stereocenters. The van der Waals surface area contributed by atoms with Crippen LogP contribution in [0.2, 0.25) is 0 Å². The van der Waals surface area contributed by atoms with Crippen LogP contribution in [0, 0.1) is 0 Å². The Morgan fingerprint density at radius 3 is 2.38 bits per heavy atom. The summed E-state index contributed by atoms with van der Waals surface area (Å²) in [7, 11) is -1.65. The number of nitrogens with zero attached hydrogens (tertiary/aromatic N) is 1. The Morgan fingerprint density at radius 2 is 1.95 bits per heavy atom. The van der Waals surface area contributed by atoms with Crippen molar-refractivity contribution in [2.24, 2.45) is 0 Å². The molecular formula is C15H24N2O3S. The molecule has 1 aromatic rings. The molecule has 6 heteroatoms. The van der Waals surface area contributed by atoms with Crippen LogP contribution < -0.4 is 5.32 Å². The summed E-state index contributed by atoms with van der Waals surface area (Å²) in [6.07, 6.45) is 2.82. The number of nitrogens with one attached hydrogen (secondary N) is 1. The third-order valence-electron chi connectivity index (χ3n) is 4.22. The number of aliphatic hydroxyl groups is 1.